The monoisotopic (exact) mass is 426 g/mol. The minimum Gasteiger partial charge on any atom is -0.497 e. The van der Waals surface area contributed by atoms with E-state index >= 15 is 0 Å². The highest BCUT2D eigenvalue weighted by atomic mass is 19.1. The van der Waals surface area contributed by atoms with Gasteiger partial charge in [0.05, 0.1) is 37.1 Å². The maximum absolute atomic E-state index is 13.4. The minimum absolute atomic E-state index is 0.0750. The molecule has 4 rings (SSSR count). The molecule has 8 nitrogen and oxygen atoms in total. The van der Waals surface area contributed by atoms with Crippen LogP contribution < -0.4 is 20.3 Å². The first-order chi connectivity index (χ1) is 15.0. The van der Waals surface area contributed by atoms with Gasteiger partial charge in [0.15, 0.2) is 0 Å². The topological polar surface area (TPSA) is 85.7 Å². The summed E-state index contributed by atoms with van der Waals surface area (Å²) in [4.78, 5) is 31.5. The Morgan fingerprint density at radius 2 is 1.90 bits per heavy atom. The van der Waals surface area contributed by atoms with Crippen LogP contribution in [0.15, 0.2) is 47.5 Å². The normalized spacial score (nSPS) is 14.5. The Hall–Kier alpha value is -3.62. The predicted octanol–water partition coefficient (Wildman–Crippen LogP) is 3.42. The average molecular weight is 426 g/mol. The number of fused-ring (bicyclic) bond motifs is 1. The molecule has 0 atom stereocenters. The number of halogens is 1. The molecule has 1 N–H and O–H groups in total. The molecule has 9 heteroatoms. The first-order valence-electron chi connectivity index (χ1n) is 9.94. The van der Waals surface area contributed by atoms with Crippen LogP contribution in [-0.2, 0) is 0 Å². The Morgan fingerprint density at radius 3 is 2.61 bits per heavy atom. The molecule has 3 aromatic rings. The van der Waals surface area contributed by atoms with E-state index in [4.69, 9.17) is 9.47 Å². The van der Waals surface area contributed by atoms with E-state index in [-0.39, 0.29) is 17.6 Å². The van der Waals surface area contributed by atoms with Gasteiger partial charge in [0.2, 0.25) is 0 Å². The number of hydrogen-bond donors (Lipinski definition) is 1. The van der Waals surface area contributed by atoms with E-state index in [0.717, 1.165) is 0 Å². The molecule has 0 spiro atoms. The fourth-order valence-electron chi connectivity index (χ4n) is 3.81. The first-order valence-corrected chi connectivity index (χ1v) is 9.94. The highest BCUT2D eigenvalue weighted by molar-refractivity contribution is 5.91. The highest BCUT2D eigenvalue weighted by Crippen LogP contribution is 2.30. The molecule has 2 aromatic carbocycles. The fourth-order valence-corrected chi connectivity index (χ4v) is 3.81. The van der Waals surface area contributed by atoms with Crippen LogP contribution in [0.5, 0.6) is 11.5 Å². The molecule has 1 fully saturated rings. The van der Waals surface area contributed by atoms with Gasteiger partial charge in [-0.05, 0) is 37.1 Å². The van der Waals surface area contributed by atoms with Crippen molar-refractivity contribution in [2.24, 2.45) is 0 Å². The first kappa shape index (κ1) is 20.6. The molecular formula is C22H23FN4O4. The Bertz CT molecular complexity index is 1170. The van der Waals surface area contributed by atoms with Gasteiger partial charge in [-0.15, -0.1) is 0 Å². The molecule has 0 aliphatic carbocycles. The summed E-state index contributed by atoms with van der Waals surface area (Å²) >= 11 is 0. The Kier molecular flexibility index (Phi) is 5.75. The van der Waals surface area contributed by atoms with E-state index < -0.39 is 5.82 Å². The van der Waals surface area contributed by atoms with Crippen LogP contribution in [0, 0.1) is 5.82 Å². The number of piperidine rings is 1. The van der Waals surface area contributed by atoms with Crippen molar-refractivity contribution in [3.63, 3.8) is 0 Å². The van der Waals surface area contributed by atoms with Crippen LogP contribution in [-0.4, -0.2) is 47.8 Å². The van der Waals surface area contributed by atoms with Crippen molar-refractivity contribution >= 4 is 22.6 Å². The fraction of sp³-hybridized carbons (Fsp3) is 0.318. The van der Waals surface area contributed by atoms with Crippen molar-refractivity contribution in [1.29, 1.82) is 0 Å². The Morgan fingerprint density at radius 1 is 1.13 bits per heavy atom. The smallest absolute Gasteiger partial charge is 0.321 e. The van der Waals surface area contributed by atoms with Crippen molar-refractivity contribution in [2.45, 2.75) is 18.9 Å². The number of ether oxygens (including phenoxy) is 2. The van der Waals surface area contributed by atoms with Crippen molar-refractivity contribution < 1.29 is 18.7 Å². The second kappa shape index (κ2) is 8.63. The zero-order valence-corrected chi connectivity index (χ0v) is 17.3. The number of nitrogens with one attached hydrogen (secondary N) is 1. The number of amides is 2. The number of rotatable bonds is 4. The summed E-state index contributed by atoms with van der Waals surface area (Å²) in [5, 5.41) is 3.25. The SMILES string of the molecule is COc1ccc(NC(=O)N2CCC(n3cnc4cc(F)ccc4c3=O)CC2)c(OC)c1. The van der Waals surface area contributed by atoms with Crippen LogP contribution in [0.2, 0.25) is 0 Å². The second-order valence-corrected chi connectivity index (χ2v) is 7.33. The third-order valence-electron chi connectivity index (χ3n) is 5.54. The van der Waals surface area contributed by atoms with Gasteiger partial charge in [0, 0.05) is 31.3 Å². The van der Waals surface area contributed by atoms with Gasteiger partial charge in [-0.1, -0.05) is 0 Å². The number of anilines is 1. The number of nitrogens with zero attached hydrogens (tertiary/aromatic N) is 3. The summed E-state index contributed by atoms with van der Waals surface area (Å²) < 4.78 is 25.5. The van der Waals surface area contributed by atoms with Crippen LogP contribution in [0.25, 0.3) is 10.9 Å². The lowest BCUT2D eigenvalue weighted by molar-refractivity contribution is 0.182. The molecule has 31 heavy (non-hydrogen) atoms. The molecule has 0 saturated carbocycles. The lowest BCUT2D eigenvalue weighted by Gasteiger charge is -2.33. The number of aromatic nitrogens is 2. The lowest BCUT2D eigenvalue weighted by Crippen LogP contribution is -2.42. The number of carbonyl (C=O) groups is 1. The highest BCUT2D eigenvalue weighted by Gasteiger charge is 2.25. The van der Waals surface area contributed by atoms with E-state index in [0.29, 0.717) is 54.0 Å². The molecule has 2 heterocycles. The van der Waals surface area contributed by atoms with Crippen LogP contribution >= 0.6 is 0 Å². The summed E-state index contributed by atoms with van der Waals surface area (Å²) in [6, 6.07) is 8.84. The molecular weight excluding hydrogens is 403 g/mol. The summed E-state index contributed by atoms with van der Waals surface area (Å²) in [6.45, 7) is 0.978. The van der Waals surface area contributed by atoms with Gasteiger partial charge in [0.1, 0.15) is 17.3 Å². The number of carbonyl (C=O) groups excluding carboxylic acids is 1. The minimum atomic E-state index is -0.426. The van der Waals surface area contributed by atoms with Gasteiger partial charge in [-0.2, -0.15) is 0 Å². The predicted molar refractivity (Wildman–Crippen MR) is 114 cm³/mol. The molecule has 2 amide bonds. The lowest BCUT2D eigenvalue weighted by atomic mass is 10.0. The van der Waals surface area contributed by atoms with Crippen LogP contribution in [0.1, 0.15) is 18.9 Å². The van der Waals surface area contributed by atoms with E-state index in [1.54, 1.807) is 34.8 Å². The summed E-state index contributed by atoms with van der Waals surface area (Å²) in [7, 11) is 3.09. The molecule has 162 valence electrons. The van der Waals surface area contributed by atoms with E-state index in [1.807, 2.05) is 0 Å². The van der Waals surface area contributed by atoms with Crippen molar-refractivity contribution in [3.8, 4) is 11.5 Å². The van der Waals surface area contributed by atoms with Gasteiger partial charge in [-0.25, -0.2) is 14.2 Å². The number of benzene rings is 2. The zero-order chi connectivity index (χ0) is 22.0. The van der Waals surface area contributed by atoms with Crippen LogP contribution in [0.4, 0.5) is 14.9 Å². The van der Waals surface area contributed by atoms with Gasteiger partial charge in [-0.3, -0.25) is 9.36 Å². The van der Waals surface area contributed by atoms with Crippen molar-refractivity contribution in [3.05, 3.63) is 58.9 Å². The average Bonchev–Trinajstić information content (AvgIpc) is 2.79. The van der Waals surface area contributed by atoms with Gasteiger partial charge >= 0.3 is 6.03 Å². The second-order valence-electron chi connectivity index (χ2n) is 7.33. The molecule has 1 aliphatic rings. The quantitative estimate of drug-likeness (QED) is 0.691. The molecule has 1 aliphatic heterocycles. The maximum atomic E-state index is 13.4. The van der Waals surface area contributed by atoms with E-state index in [9.17, 15) is 14.0 Å². The van der Waals surface area contributed by atoms with Gasteiger partial charge in [0.25, 0.3) is 5.56 Å². The molecule has 0 bridgehead atoms. The number of hydrogen-bond acceptors (Lipinski definition) is 5. The van der Waals surface area contributed by atoms with Crippen LogP contribution in [0.3, 0.4) is 0 Å². The summed E-state index contributed by atoms with van der Waals surface area (Å²) in [5.74, 6) is 0.714. The Balaban J connectivity index is 1.44. The Labute approximate surface area is 178 Å². The zero-order valence-electron chi connectivity index (χ0n) is 17.3. The largest absolute Gasteiger partial charge is 0.497 e. The standard InChI is InChI=1S/C22H23FN4O4/c1-30-16-4-6-18(20(12-16)31-2)25-22(29)26-9-7-15(8-10-26)27-13-24-19-11-14(23)3-5-17(19)21(27)28/h3-6,11-13,15H,7-10H2,1-2H3,(H,25,29). The molecule has 1 aromatic heterocycles. The van der Waals surface area contributed by atoms with Crippen molar-refractivity contribution in [1.82, 2.24) is 14.5 Å². The summed E-state index contributed by atoms with van der Waals surface area (Å²) in [6.07, 6.45) is 2.69. The van der Waals surface area contributed by atoms with Crippen molar-refractivity contribution in [2.75, 3.05) is 32.6 Å². The maximum Gasteiger partial charge on any atom is 0.321 e. The summed E-state index contributed by atoms with van der Waals surface area (Å²) in [5.41, 5.74) is 0.694. The van der Waals surface area contributed by atoms with E-state index in [2.05, 4.69) is 10.3 Å². The van der Waals surface area contributed by atoms with Gasteiger partial charge < -0.3 is 19.7 Å². The third kappa shape index (κ3) is 4.16. The molecule has 1 saturated heterocycles. The number of urea groups is 1. The number of methoxy groups -OCH3 is 2. The third-order valence-corrected chi connectivity index (χ3v) is 5.54. The van der Waals surface area contributed by atoms with E-state index in [1.165, 1.54) is 31.6 Å². The molecule has 0 unspecified atom stereocenters. The molecule has 0 radical (unpaired) electrons. The number of likely N-dealkylation sites (tertiary alicyclic amines) is 1.